The Hall–Kier alpha value is -1.92. The lowest BCUT2D eigenvalue weighted by Gasteiger charge is -2.31. The van der Waals surface area contributed by atoms with Crippen LogP contribution in [-0.4, -0.2) is 34.5 Å². The van der Waals surface area contributed by atoms with Crippen molar-refractivity contribution in [1.82, 2.24) is 10.2 Å². The molecule has 2 aromatic rings. The van der Waals surface area contributed by atoms with E-state index in [1.54, 1.807) is 0 Å². The molecule has 6 nitrogen and oxygen atoms in total. The smallest absolute Gasteiger partial charge is 0.170 e. The number of aliphatic hydroxyl groups excluding tert-OH is 1. The number of hydrazine groups is 1. The molecule has 0 aliphatic carbocycles. The molecule has 3 rings (SSSR count). The van der Waals surface area contributed by atoms with Gasteiger partial charge in [0.15, 0.2) is 11.6 Å². The van der Waals surface area contributed by atoms with Gasteiger partial charge in [-0.25, -0.2) is 5.84 Å². The number of hydrogen-bond donors (Lipinski definition) is 3. The topological polar surface area (TPSA) is 87.3 Å². The maximum absolute atomic E-state index is 9.58. The second kappa shape index (κ2) is 4.99. The van der Waals surface area contributed by atoms with Gasteiger partial charge in [-0.05, 0) is 12.8 Å². The Balaban J connectivity index is 2.04. The van der Waals surface area contributed by atoms with Crippen LogP contribution < -0.4 is 16.2 Å². The van der Waals surface area contributed by atoms with Crippen LogP contribution in [0, 0.1) is 0 Å². The molecule has 1 aromatic heterocycles. The monoisotopic (exact) mass is 259 g/mol. The number of fused-ring (bicyclic) bond motifs is 1. The number of aliphatic hydroxyl groups is 1. The first-order chi connectivity index (χ1) is 9.29. The average Bonchev–Trinajstić information content (AvgIpc) is 2.47. The third-order valence-corrected chi connectivity index (χ3v) is 3.57. The summed E-state index contributed by atoms with van der Waals surface area (Å²) in [7, 11) is 0. The van der Waals surface area contributed by atoms with Gasteiger partial charge in [0.1, 0.15) is 0 Å². The lowest BCUT2D eigenvalue weighted by Crippen LogP contribution is -2.36. The summed E-state index contributed by atoms with van der Waals surface area (Å²) in [6, 6.07) is 7.92. The van der Waals surface area contributed by atoms with E-state index in [9.17, 15) is 5.11 Å². The Labute approximate surface area is 111 Å². The van der Waals surface area contributed by atoms with Gasteiger partial charge in [-0.3, -0.25) is 0 Å². The molecule has 0 atom stereocenters. The summed E-state index contributed by atoms with van der Waals surface area (Å²) in [5, 5.41) is 20.0. The van der Waals surface area contributed by atoms with Gasteiger partial charge in [-0.2, -0.15) is 0 Å². The number of nitrogen functional groups attached to an aromatic ring is 1. The summed E-state index contributed by atoms with van der Waals surface area (Å²) in [5.41, 5.74) is 2.58. The van der Waals surface area contributed by atoms with Gasteiger partial charge in [-0.15, -0.1) is 10.2 Å². The van der Waals surface area contributed by atoms with Crippen LogP contribution in [-0.2, 0) is 0 Å². The highest BCUT2D eigenvalue weighted by Gasteiger charge is 2.20. The Bertz CT molecular complexity index is 580. The second-order valence-electron chi connectivity index (χ2n) is 4.78. The molecule has 1 aliphatic heterocycles. The van der Waals surface area contributed by atoms with E-state index in [2.05, 4.69) is 20.5 Å². The molecule has 0 saturated carbocycles. The van der Waals surface area contributed by atoms with Crippen molar-refractivity contribution in [2.24, 2.45) is 5.84 Å². The summed E-state index contributed by atoms with van der Waals surface area (Å²) >= 11 is 0. The van der Waals surface area contributed by atoms with E-state index < -0.39 is 0 Å². The van der Waals surface area contributed by atoms with Gasteiger partial charge in [0.05, 0.1) is 6.10 Å². The summed E-state index contributed by atoms with van der Waals surface area (Å²) < 4.78 is 0. The minimum atomic E-state index is -0.194. The molecule has 2 heterocycles. The van der Waals surface area contributed by atoms with E-state index in [1.807, 2.05) is 24.3 Å². The molecule has 1 fully saturated rings. The van der Waals surface area contributed by atoms with Crippen LogP contribution in [0.4, 0.5) is 11.6 Å². The predicted molar refractivity (Wildman–Crippen MR) is 74.8 cm³/mol. The lowest BCUT2D eigenvalue weighted by molar-refractivity contribution is 0.145. The molecule has 0 radical (unpaired) electrons. The Morgan fingerprint density at radius 2 is 1.84 bits per heavy atom. The number of benzene rings is 1. The first kappa shape index (κ1) is 12.1. The fourth-order valence-electron chi connectivity index (χ4n) is 2.51. The van der Waals surface area contributed by atoms with Crippen LogP contribution in [0.1, 0.15) is 12.8 Å². The Morgan fingerprint density at radius 3 is 2.53 bits per heavy atom. The first-order valence-corrected chi connectivity index (χ1v) is 6.44. The van der Waals surface area contributed by atoms with Crippen molar-refractivity contribution in [3.8, 4) is 0 Å². The van der Waals surface area contributed by atoms with Gasteiger partial charge in [-0.1, -0.05) is 24.3 Å². The van der Waals surface area contributed by atoms with Crippen LogP contribution in [0.3, 0.4) is 0 Å². The molecule has 19 heavy (non-hydrogen) atoms. The van der Waals surface area contributed by atoms with Crippen LogP contribution in [0.25, 0.3) is 10.8 Å². The Morgan fingerprint density at radius 1 is 1.16 bits per heavy atom. The first-order valence-electron chi connectivity index (χ1n) is 6.44. The van der Waals surface area contributed by atoms with Gasteiger partial charge < -0.3 is 15.4 Å². The molecular formula is C13H17N5O. The number of nitrogens with zero attached hydrogens (tertiary/aromatic N) is 3. The van der Waals surface area contributed by atoms with Crippen molar-refractivity contribution in [2.75, 3.05) is 23.4 Å². The van der Waals surface area contributed by atoms with E-state index in [1.165, 1.54) is 0 Å². The van der Waals surface area contributed by atoms with E-state index in [0.29, 0.717) is 5.82 Å². The zero-order valence-corrected chi connectivity index (χ0v) is 10.6. The number of hydrogen-bond acceptors (Lipinski definition) is 6. The number of nitrogens with one attached hydrogen (secondary N) is 1. The molecule has 0 amide bonds. The van der Waals surface area contributed by atoms with Gasteiger partial charge in [0.25, 0.3) is 0 Å². The number of nitrogens with two attached hydrogens (primary N) is 1. The Kier molecular flexibility index (Phi) is 3.18. The number of aromatic nitrogens is 2. The van der Waals surface area contributed by atoms with E-state index in [4.69, 9.17) is 5.84 Å². The fourth-order valence-corrected chi connectivity index (χ4v) is 2.51. The molecular weight excluding hydrogens is 242 g/mol. The minimum Gasteiger partial charge on any atom is -0.393 e. The normalized spacial score (nSPS) is 16.8. The molecule has 4 N–H and O–H groups in total. The van der Waals surface area contributed by atoms with Crippen molar-refractivity contribution in [3.05, 3.63) is 24.3 Å². The van der Waals surface area contributed by atoms with Crippen molar-refractivity contribution >= 4 is 22.4 Å². The maximum atomic E-state index is 9.58. The summed E-state index contributed by atoms with van der Waals surface area (Å²) in [5.74, 6) is 6.91. The number of rotatable bonds is 2. The molecule has 1 aromatic carbocycles. The fraction of sp³-hybridized carbons (Fsp3) is 0.385. The summed E-state index contributed by atoms with van der Waals surface area (Å²) in [4.78, 5) is 2.17. The van der Waals surface area contributed by atoms with Crippen molar-refractivity contribution in [2.45, 2.75) is 18.9 Å². The molecule has 6 heteroatoms. The summed E-state index contributed by atoms with van der Waals surface area (Å²) in [6.07, 6.45) is 1.35. The van der Waals surface area contributed by atoms with Crippen LogP contribution in [0.5, 0.6) is 0 Å². The molecule has 0 unspecified atom stereocenters. The largest absolute Gasteiger partial charge is 0.393 e. The van der Waals surface area contributed by atoms with Gasteiger partial charge >= 0.3 is 0 Å². The van der Waals surface area contributed by atoms with E-state index in [-0.39, 0.29) is 6.10 Å². The second-order valence-corrected chi connectivity index (χ2v) is 4.78. The van der Waals surface area contributed by atoms with Crippen LogP contribution >= 0.6 is 0 Å². The van der Waals surface area contributed by atoms with Crippen LogP contribution in [0.2, 0.25) is 0 Å². The third-order valence-electron chi connectivity index (χ3n) is 3.57. The lowest BCUT2D eigenvalue weighted by atomic mass is 10.1. The minimum absolute atomic E-state index is 0.194. The average molecular weight is 259 g/mol. The zero-order valence-electron chi connectivity index (χ0n) is 10.6. The van der Waals surface area contributed by atoms with Gasteiger partial charge in [0, 0.05) is 23.9 Å². The highest BCUT2D eigenvalue weighted by atomic mass is 16.3. The molecule has 1 saturated heterocycles. The highest BCUT2D eigenvalue weighted by Crippen LogP contribution is 2.29. The van der Waals surface area contributed by atoms with E-state index >= 15 is 0 Å². The maximum Gasteiger partial charge on any atom is 0.170 e. The molecule has 1 aliphatic rings. The van der Waals surface area contributed by atoms with Crippen LogP contribution in [0.15, 0.2) is 24.3 Å². The van der Waals surface area contributed by atoms with E-state index in [0.717, 1.165) is 42.5 Å². The molecule has 0 spiro atoms. The number of anilines is 2. The molecule has 100 valence electrons. The quantitative estimate of drug-likeness (QED) is 0.548. The standard InChI is InChI=1S/C13H17N5O/c14-15-12-10-3-1-2-4-11(10)13(17-16-12)18-7-5-9(19)6-8-18/h1-4,9,19H,5-8,14H2,(H,15,16). The third kappa shape index (κ3) is 2.20. The summed E-state index contributed by atoms with van der Waals surface area (Å²) in [6.45, 7) is 1.60. The zero-order chi connectivity index (χ0) is 13.2. The highest BCUT2D eigenvalue weighted by molar-refractivity contribution is 5.98. The van der Waals surface area contributed by atoms with Crippen molar-refractivity contribution in [3.63, 3.8) is 0 Å². The van der Waals surface area contributed by atoms with Crippen molar-refractivity contribution < 1.29 is 5.11 Å². The predicted octanol–water partition coefficient (Wildman–Crippen LogP) is 0.876. The number of piperidine rings is 1. The van der Waals surface area contributed by atoms with Crippen molar-refractivity contribution in [1.29, 1.82) is 0 Å². The van der Waals surface area contributed by atoms with Gasteiger partial charge in [0.2, 0.25) is 0 Å². The SMILES string of the molecule is NNc1nnc(N2CCC(O)CC2)c2ccccc12. The molecule has 0 bridgehead atoms.